The maximum atomic E-state index is 14.5. The van der Waals surface area contributed by atoms with E-state index in [4.69, 9.17) is 11.6 Å². The van der Waals surface area contributed by atoms with E-state index in [2.05, 4.69) is 23.7 Å². The summed E-state index contributed by atoms with van der Waals surface area (Å²) in [6.45, 7) is 9.55. The number of rotatable bonds is 12. The number of hydrogen-bond acceptors (Lipinski definition) is 7. The van der Waals surface area contributed by atoms with Crippen LogP contribution in [0, 0.1) is 6.92 Å². The Morgan fingerprint density at radius 2 is 1.56 bits per heavy atom. The van der Waals surface area contributed by atoms with Gasteiger partial charge >= 0.3 is 0 Å². The lowest BCUT2D eigenvalue weighted by Gasteiger charge is -2.29. The summed E-state index contributed by atoms with van der Waals surface area (Å²) in [5, 5.41) is 4.82. The Morgan fingerprint density at radius 1 is 0.870 bits per heavy atom. The third kappa shape index (κ3) is 7.78. The van der Waals surface area contributed by atoms with Crippen LogP contribution in [-0.4, -0.2) is 77.8 Å². The number of nitrogens with zero attached hydrogens (tertiary/aromatic N) is 5. The van der Waals surface area contributed by atoms with Crippen LogP contribution in [0.3, 0.4) is 0 Å². The molecule has 1 aromatic heterocycles. The van der Waals surface area contributed by atoms with Crippen LogP contribution < -0.4 is 9.62 Å². The number of aromatic nitrogens is 2. The zero-order chi connectivity index (χ0) is 38.7. The van der Waals surface area contributed by atoms with Crippen molar-refractivity contribution in [1.29, 1.82) is 0 Å². The molecule has 0 bridgehead atoms. The standard InChI is InChI=1S/C40H45ClN6O6S/c1-5-7-19-44(20-8-6-2)40(51)37-36(41)26(3)47(42-37)34-16-14-30(23-33(34)39(50)45-21-17-28-11-9-10-12-31(28)25-45)38(49)43-54(52,53)32-15-13-29-18-22-46(27(4)48)35(29)24-32/h9-16,23-24H,5-8,17-22,25H2,1-4H3,(H,43,49). The molecule has 4 aromatic rings. The molecule has 0 saturated carbocycles. The molecule has 0 unspecified atom stereocenters. The average Bonchev–Trinajstić information content (AvgIpc) is 3.73. The van der Waals surface area contributed by atoms with Gasteiger partial charge in [0, 0.05) is 50.9 Å². The fraction of sp³-hybridized carbons (Fsp3) is 0.375. The normalized spacial score (nSPS) is 13.7. The van der Waals surface area contributed by atoms with E-state index >= 15 is 0 Å². The molecule has 3 aromatic carbocycles. The summed E-state index contributed by atoms with van der Waals surface area (Å²) in [5.74, 6) is -1.86. The predicted octanol–water partition coefficient (Wildman–Crippen LogP) is 6.10. The monoisotopic (exact) mass is 772 g/mol. The van der Waals surface area contributed by atoms with Gasteiger partial charge in [-0.05, 0) is 79.6 Å². The van der Waals surface area contributed by atoms with Gasteiger partial charge in [0.15, 0.2) is 5.69 Å². The molecule has 2 aliphatic rings. The molecule has 2 aliphatic heterocycles. The maximum Gasteiger partial charge on any atom is 0.275 e. The lowest BCUT2D eigenvalue weighted by Crippen LogP contribution is -2.37. The van der Waals surface area contributed by atoms with E-state index in [1.807, 2.05) is 24.3 Å². The highest BCUT2D eigenvalue weighted by Gasteiger charge is 2.31. The Morgan fingerprint density at radius 3 is 2.24 bits per heavy atom. The van der Waals surface area contributed by atoms with Crippen LogP contribution in [0.25, 0.3) is 5.69 Å². The Hall–Kier alpha value is -5.01. The molecule has 1 N–H and O–H groups in total. The smallest absolute Gasteiger partial charge is 0.275 e. The summed E-state index contributed by atoms with van der Waals surface area (Å²) in [6, 6.07) is 16.6. The summed E-state index contributed by atoms with van der Waals surface area (Å²) in [5.41, 5.74) is 4.27. The summed E-state index contributed by atoms with van der Waals surface area (Å²) in [4.78, 5) is 58.9. The van der Waals surface area contributed by atoms with Crippen molar-refractivity contribution in [2.45, 2.75) is 77.7 Å². The minimum absolute atomic E-state index is 0.0669. The van der Waals surface area contributed by atoms with Crippen LogP contribution in [0.2, 0.25) is 5.02 Å². The first kappa shape index (κ1) is 38.7. The SMILES string of the molecule is CCCCN(CCCC)C(=O)c1nn(-c2ccc(C(=O)NS(=O)(=O)c3ccc4c(c3)N(C(C)=O)CC4)cc2C(=O)N2CCc3ccccc3C2)c(C)c1Cl. The van der Waals surface area contributed by atoms with Crippen molar-refractivity contribution in [2.24, 2.45) is 0 Å². The van der Waals surface area contributed by atoms with Crippen LogP contribution in [0.15, 0.2) is 65.6 Å². The molecular weight excluding hydrogens is 728 g/mol. The van der Waals surface area contributed by atoms with E-state index in [-0.39, 0.29) is 44.2 Å². The van der Waals surface area contributed by atoms with E-state index in [1.165, 1.54) is 46.8 Å². The largest absolute Gasteiger partial charge is 0.337 e. The number of fused-ring (bicyclic) bond motifs is 2. The molecule has 0 saturated heterocycles. The van der Waals surface area contributed by atoms with Crippen molar-refractivity contribution in [2.75, 3.05) is 31.1 Å². The Kier molecular flexibility index (Phi) is 11.6. The van der Waals surface area contributed by atoms with Crippen molar-refractivity contribution in [3.8, 4) is 5.69 Å². The second kappa shape index (κ2) is 16.2. The highest BCUT2D eigenvalue weighted by atomic mass is 35.5. The zero-order valence-corrected chi connectivity index (χ0v) is 32.6. The third-order valence-corrected chi connectivity index (χ3v) is 11.9. The third-order valence-electron chi connectivity index (χ3n) is 10.1. The van der Waals surface area contributed by atoms with Crippen LogP contribution >= 0.6 is 11.6 Å². The Labute approximate surface area is 321 Å². The Bertz CT molecular complexity index is 2230. The van der Waals surface area contributed by atoms with E-state index in [0.717, 1.165) is 42.4 Å². The van der Waals surface area contributed by atoms with Gasteiger partial charge in [-0.25, -0.2) is 17.8 Å². The molecule has 0 atom stereocenters. The fourth-order valence-electron chi connectivity index (χ4n) is 6.98. The van der Waals surface area contributed by atoms with Crippen molar-refractivity contribution in [3.63, 3.8) is 0 Å². The van der Waals surface area contributed by atoms with Crippen LogP contribution in [0.4, 0.5) is 5.69 Å². The van der Waals surface area contributed by atoms with Crippen LogP contribution in [0.1, 0.15) is 100 Å². The Balaban J connectivity index is 1.37. The summed E-state index contributed by atoms with van der Waals surface area (Å²) >= 11 is 6.80. The number of amides is 4. The number of benzene rings is 3. The number of halogens is 1. The van der Waals surface area contributed by atoms with E-state index in [0.29, 0.717) is 56.9 Å². The molecule has 4 amide bonds. The van der Waals surface area contributed by atoms with Gasteiger partial charge in [-0.1, -0.05) is 68.6 Å². The van der Waals surface area contributed by atoms with E-state index in [9.17, 15) is 27.6 Å². The average molecular weight is 773 g/mol. The molecule has 6 rings (SSSR count). The lowest BCUT2D eigenvalue weighted by atomic mass is 9.98. The summed E-state index contributed by atoms with van der Waals surface area (Å²) in [6.07, 6.45) is 4.71. The molecule has 0 fully saturated rings. The number of unbranched alkanes of at least 4 members (excludes halogenated alkanes) is 2. The molecular formula is C40H45ClN6O6S. The molecule has 0 radical (unpaired) electrons. The van der Waals surface area contributed by atoms with Gasteiger partial charge in [0.05, 0.1) is 26.9 Å². The highest BCUT2D eigenvalue weighted by molar-refractivity contribution is 7.90. The fourth-order valence-corrected chi connectivity index (χ4v) is 8.18. The van der Waals surface area contributed by atoms with Crippen molar-refractivity contribution < 1.29 is 27.6 Å². The predicted molar refractivity (Wildman–Crippen MR) is 207 cm³/mol. The molecule has 54 heavy (non-hydrogen) atoms. The van der Waals surface area contributed by atoms with Gasteiger partial charge in [0.1, 0.15) is 0 Å². The van der Waals surface area contributed by atoms with Crippen LogP contribution in [-0.2, 0) is 34.2 Å². The first-order chi connectivity index (χ1) is 25.8. The van der Waals surface area contributed by atoms with E-state index < -0.39 is 21.8 Å². The number of carbonyl (C=O) groups excluding carboxylic acids is 4. The zero-order valence-electron chi connectivity index (χ0n) is 31.0. The van der Waals surface area contributed by atoms with Gasteiger partial charge in [-0.3, -0.25) is 19.2 Å². The molecule has 0 aliphatic carbocycles. The number of nitrogens with one attached hydrogen (secondary N) is 1. The number of hydrogen-bond donors (Lipinski definition) is 1. The number of sulfonamides is 1. The molecule has 284 valence electrons. The number of anilines is 1. The topological polar surface area (TPSA) is 142 Å². The van der Waals surface area contributed by atoms with Gasteiger partial charge in [0.25, 0.3) is 27.7 Å². The van der Waals surface area contributed by atoms with Gasteiger partial charge in [-0.2, -0.15) is 5.10 Å². The highest BCUT2D eigenvalue weighted by Crippen LogP contribution is 2.32. The van der Waals surface area contributed by atoms with Crippen LogP contribution in [0.5, 0.6) is 0 Å². The van der Waals surface area contributed by atoms with Crippen molar-refractivity contribution in [3.05, 3.63) is 105 Å². The van der Waals surface area contributed by atoms with E-state index in [1.54, 1.807) is 22.8 Å². The molecule has 3 heterocycles. The van der Waals surface area contributed by atoms with Gasteiger partial charge in [-0.15, -0.1) is 0 Å². The van der Waals surface area contributed by atoms with Gasteiger partial charge < -0.3 is 14.7 Å². The molecule has 14 heteroatoms. The molecule has 12 nitrogen and oxygen atoms in total. The minimum Gasteiger partial charge on any atom is -0.337 e. The minimum atomic E-state index is -4.38. The molecule has 0 spiro atoms. The van der Waals surface area contributed by atoms with Gasteiger partial charge in [0.2, 0.25) is 5.91 Å². The second-order valence-corrected chi connectivity index (χ2v) is 15.8. The van der Waals surface area contributed by atoms with Crippen molar-refractivity contribution in [1.82, 2.24) is 24.3 Å². The maximum absolute atomic E-state index is 14.5. The first-order valence-electron chi connectivity index (χ1n) is 18.4. The second-order valence-electron chi connectivity index (χ2n) is 13.8. The quantitative estimate of drug-likeness (QED) is 0.183. The number of carbonyl (C=O) groups is 4. The lowest BCUT2D eigenvalue weighted by molar-refractivity contribution is -0.116. The summed E-state index contributed by atoms with van der Waals surface area (Å²) in [7, 11) is -4.38. The summed E-state index contributed by atoms with van der Waals surface area (Å²) < 4.78 is 30.6. The van der Waals surface area contributed by atoms with Crippen molar-refractivity contribution >= 4 is 50.9 Å². The first-order valence-corrected chi connectivity index (χ1v) is 20.2.